The Kier molecular flexibility index (Phi) is 8.30. The van der Waals surface area contributed by atoms with Crippen LogP contribution in [0.1, 0.15) is 32.0 Å². The molecule has 1 heterocycles. The number of thioether (sulfide) groups is 1. The van der Waals surface area contributed by atoms with Crippen molar-refractivity contribution in [2.24, 2.45) is 0 Å². The molecule has 6 heteroatoms. The maximum absolute atomic E-state index is 11.9. The second kappa shape index (κ2) is 8.35. The molecule has 0 unspecified atom stereocenters. The van der Waals surface area contributed by atoms with Crippen molar-refractivity contribution in [1.29, 1.82) is 0 Å². The molecule has 1 amide bonds. The molecule has 0 aliphatic heterocycles. The van der Waals surface area contributed by atoms with Gasteiger partial charge in [-0.25, -0.2) is 16.8 Å². The van der Waals surface area contributed by atoms with E-state index in [4.69, 9.17) is 4.74 Å². The van der Waals surface area contributed by atoms with Crippen LogP contribution in [-0.2, 0) is 43.2 Å². The smallest absolute Gasteiger partial charge is 0.385 e. The first-order valence-electron chi connectivity index (χ1n) is 6.03. The molecule has 1 radical (unpaired) electrons. The van der Waals surface area contributed by atoms with Crippen molar-refractivity contribution >= 4 is 23.7 Å². The summed E-state index contributed by atoms with van der Waals surface area (Å²) in [6.45, 7) is 7.43. The fourth-order valence-corrected chi connectivity index (χ4v) is 1.93. The van der Waals surface area contributed by atoms with E-state index in [1.54, 1.807) is 11.8 Å². The summed E-state index contributed by atoms with van der Waals surface area (Å²) in [7, 11) is 3.72. The summed E-state index contributed by atoms with van der Waals surface area (Å²) in [5, 5.41) is 0. The van der Waals surface area contributed by atoms with E-state index >= 15 is 0 Å². The van der Waals surface area contributed by atoms with Crippen LogP contribution in [0.5, 0.6) is 0 Å². The number of anilines is 1. The number of aromatic nitrogens is 1. The second-order valence-corrected chi connectivity index (χ2v) is 6.20. The van der Waals surface area contributed by atoms with Crippen LogP contribution in [0.15, 0.2) is 12.1 Å². The molecule has 0 aliphatic carbocycles. The van der Waals surface area contributed by atoms with Crippen molar-refractivity contribution in [3.8, 4) is 0 Å². The molecule has 0 saturated carbocycles. The molecule has 1 rings (SSSR count). The number of pyridine rings is 1. The fraction of sp³-hybridized carbons (Fsp3) is 0.500. The summed E-state index contributed by atoms with van der Waals surface area (Å²) < 4.78 is 5.27. The number of hydrogen-bond donors (Lipinski definition) is 0. The van der Waals surface area contributed by atoms with Gasteiger partial charge in [0.25, 0.3) is 0 Å². The van der Waals surface area contributed by atoms with Crippen molar-refractivity contribution in [2.45, 2.75) is 39.0 Å². The zero-order chi connectivity index (χ0) is 14.6. The monoisotopic (exact) mass is 370 g/mol. The van der Waals surface area contributed by atoms with Gasteiger partial charge < -0.3 is 9.64 Å². The molecule has 1 aromatic heterocycles. The third kappa shape index (κ3) is 6.55. The molecule has 20 heavy (non-hydrogen) atoms. The predicted molar refractivity (Wildman–Crippen MR) is 80.3 cm³/mol. The maximum atomic E-state index is 11.9. The van der Waals surface area contributed by atoms with Crippen LogP contribution >= 0.6 is 11.8 Å². The van der Waals surface area contributed by atoms with Gasteiger partial charge >= 0.3 is 6.09 Å². The molecule has 0 spiro atoms. The van der Waals surface area contributed by atoms with E-state index < -0.39 is 11.7 Å². The molecule has 4 nitrogen and oxygen atoms in total. The minimum absolute atomic E-state index is 0. The van der Waals surface area contributed by atoms with Crippen molar-refractivity contribution in [3.05, 3.63) is 30.4 Å². The average Bonchev–Trinajstić information content (AvgIpc) is 2.25. The van der Waals surface area contributed by atoms with Gasteiger partial charge in [0.1, 0.15) is 11.4 Å². The number of aryl methyl sites for hydroxylation is 1. The summed E-state index contributed by atoms with van der Waals surface area (Å²) >= 11 is 1.68. The summed E-state index contributed by atoms with van der Waals surface area (Å²) in [4.78, 5) is 17.5. The van der Waals surface area contributed by atoms with Crippen LogP contribution in [0, 0.1) is 14.0 Å². The first-order valence-corrected chi connectivity index (χ1v) is 7.42. The Morgan fingerprint density at radius 1 is 1.45 bits per heavy atom. The minimum Gasteiger partial charge on any atom is -0.445 e. The Balaban J connectivity index is 0.00000361. The van der Waals surface area contributed by atoms with E-state index in [0.717, 1.165) is 17.0 Å². The molecule has 1 aromatic rings. The number of carbonyl (C=O) groups excluding carboxylic acids is 1. The van der Waals surface area contributed by atoms with Crippen LogP contribution in [0.4, 0.5) is 10.6 Å². The Hall–Kier alpha value is -0.126. The molecular weight excluding hydrogens is 349 g/mol. The molecule has 0 aromatic carbocycles. The van der Waals surface area contributed by atoms with Gasteiger partial charge in [-0.2, -0.15) is 11.8 Å². The summed E-state index contributed by atoms with van der Waals surface area (Å²) in [5.41, 5.74) is 1.44. The number of nitrogens with zero attached hydrogens (tertiary/aromatic N) is 2. The van der Waals surface area contributed by atoms with Gasteiger partial charge in [0.2, 0.25) is 0 Å². The molecule has 0 atom stereocenters. The SMILES string of the molecule is [CH2-]N(C(=O)OC(C)(C)C)c1cc(C)cc(CSC)n1.[Y]. The van der Waals surface area contributed by atoms with Gasteiger partial charge in [-0.3, -0.25) is 0 Å². The maximum Gasteiger partial charge on any atom is 0.385 e. The molecule has 0 saturated heterocycles. The minimum atomic E-state index is -0.543. The first kappa shape index (κ1) is 19.9. The van der Waals surface area contributed by atoms with E-state index in [0.29, 0.717) is 5.82 Å². The van der Waals surface area contributed by atoms with Crippen molar-refractivity contribution in [1.82, 2.24) is 4.98 Å². The van der Waals surface area contributed by atoms with Crippen LogP contribution in [-0.4, -0.2) is 22.9 Å². The molecule has 0 aliphatic rings. The summed E-state index contributed by atoms with van der Waals surface area (Å²) in [5.74, 6) is 1.31. The van der Waals surface area contributed by atoms with E-state index in [-0.39, 0.29) is 32.7 Å². The number of ether oxygens (including phenoxy) is 1. The van der Waals surface area contributed by atoms with Gasteiger partial charge in [0.05, 0.1) is 5.69 Å². The third-order valence-corrected chi connectivity index (χ3v) is 2.78. The number of hydrogen-bond acceptors (Lipinski definition) is 4. The van der Waals surface area contributed by atoms with Gasteiger partial charge in [-0.1, -0.05) is 0 Å². The predicted octanol–water partition coefficient (Wildman–Crippen LogP) is 3.78. The van der Waals surface area contributed by atoms with Crippen LogP contribution in [0.25, 0.3) is 0 Å². The second-order valence-electron chi connectivity index (χ2n) is 5.34. The zero-order valence-electron chi connectivity index (χ0n) is 12.8. The summed E-state index contributed by atoms with van der Waals surface area (Å²) in [6.07, 6.45) is 1.51. The molecular formula is C14H21N2O2SY-. The Morgan fingerprint density at radius 2 is 2.05 bits per heavy atom. The van der Waals surface area contributed by atoms with E-state index in [1.807, 2.05) is 46.1 Å². The fourth-order valence-electron chi connectivity index (χ4n) is 1.49. The quantitative estimate of drug-likeness (QED) is 0.760. The van der Waals surface area contributed by atoms with Gasteiger partial charge in [-0.15, -0.1) is 0 Å². The standard InChI is InChI=1S/C14H21N2O2S.Y/c1-10-7-11(9-19-6)15-12(8-10)16(5)13(17)18-14(2,3)4;/h7-8H,5,9H2,1-4,6H3;/q-1;. The van der Waals surface area contributed by atoms with E-state index in [9.17, 15) is 4.79 Å². The molecule has 0 N–H and O–H groups in total. The normalized spacial score (nSPS) is 10.7. The zero-order valence-corrected chi connectivity index (χ0v) is 16.4. The molecule has 0 fully saturated rings. The Labute approximate surface area is 150 Å². The van der Waals surface area contributed by atoms with Crippen molar-refractivity contribution in [3.63, 3.8) is 0 Å². The molecule has 0 bridgehead atoms. The van der Waals surface area contributed by atoms with Crippen molar-refractivity contribution < 1.29 is 42.2 Å². The van der Waals surface area contributed by atoms with Crippen molar-refractivity contribution in [2.75, 3.05) is 11.2 Å². The largest absolute Gasteiger partial charge is 0.445 e. The van der Waals surface area contributed by atoms with E-state index in [2.05, 4.69) is 12.0 Å². The Bertz CT molecular complexity index is 461. The third-order valence-electron chi connectivity index (χ3n) is 2.19. The van der Waals surface area contributed by atoms with E-state index in [1.165, 1.54) is 4.90 Å². The average molecular weight is 370 g/mol. The number of amides is 1. The van der Waals surface area contributed by atoms with Crippen LogP contribution in [0.3, 0.4) is 0 Å². The number of rotatable bonds is 3. The number of carbonyl (C=O) groups is 1. The van der Waals surface area contributed by atoms with Crippen LogP contribution in [0.2, 0.25) is 0 Å². The first-order chi connectivity index (χ1) is 8.73. The van der Waals surface area contributed by atoms with Gasteiger partial charge in [0, 0.05) is 38.5 Å². The van der Waals surface area contributed by atoms with Gasteiger partial charge in [0.15, 0.2) is 0 Å². The topological polar surface area (TPSA) is 42.4 Å². The Morgan fingerprint density at radius 3 is 2.55 bits per heavy atom. The van der Waals surface area contributed by atoms with Crippen LogP contribution < -0.4 is 4.90 Å². The summed E-state index contributed by atoms with van der Waals surface area (Å²) in [6, 6.07) is 3.82. The molecule has 109 valence electrons. The van der Waals surface area contributed by atoms with Gasteiger partial charge in [-0.05, 0) is 51.6 Å².